The predicted octanol–water partition coefficient (Wildman–Crippen LogP) is 4.89. The van der Waals surface area contributed by atoms with Crippen LogP contribution in [0.5, 0.6) is 0 Å². The van der Waals surface area contributed by atoms with Gasteiger partial charge in [-0.15, -0.1) is 0 Å². The van der Waals surface area contributed by atoms with Crippen LogP contribution >= 0.6 is 0 Å². The second-order valence-electron chi connectivity index (χ2n) is 8.66. The minimum absolute atomic E-state index is 0.00109. The first-order valence-electron chi connectivity index (χ1n) is 11.3. The van der Waals surface area contributed by atoms with E-state index in [4.69, 9.17) is 0 Å². The van der Waals surface area contributed by atoms with Crippen LogP contribution in [0.1, 0.15) is 53.6 Å². The number of nitrogens with one attached hydrogen (secondary N) is 2. The molecule has 0 aliphatic heterocycles. The number of carbonyl (C=O) groups is 1. The van der Waals surface area contributed by atoms with E-state index in [0.717, 1.165) is 42.9 Å². The molecule has 0 saturated carbocycles. The Hall–Kier alpha value is -2.92. The zero-order chi connectivity index (χ0) is 21.6. The van der Waals surface area contributed by atoms with Crippen molar-refractivity contribution in [3.05, 3.63) is 65.2 Å². The fourth-order valence-corrected chi connectivity index (χ4v) is 4.27. The average molecular weight is 417 g/mol. The van der Waals surface area contributed by atoms with Crippen LogP contribution in [0.25, 0.3) is 22.5 Å². The Balaban J connectivity index is 1.27. The molecule has 0 saturated heterocycles. The third kappa shape index (κ3) is 5.05. The van der Waals surface area contributed by atoms with E-state index in [1.165, 1.54) is 42.4 Å². The molecule has 5 nitrogen and oxygen atoms in total. The molecule has 5 heteroatoms. The topological polar surface area (TPSA) is 61.0 Å². The molecule has 31 heavy (non-hydrogen) atoms. The van der Waals surface area contributed by atoms with Gasteiger partial charge in [0, 0.05) is 35.2 Å². The fourth-order valence-electron chi connectivity index (χ4n) is 4.27. The number of hydrogen-bond donors (Lipinski definition) is 2. The molecule has 1 heterocycles. The molecule has 4 rings (SSSR count). The molecule has 0 spiro atoms. The number of amides is 1. The van der Waals surface area contributed by atoms with Crippen LogP contribution in [0.2, 0.25) is 0 Å². The van der Waals surface area contributed by atoms with Gasteiger partial charge in [0.25, 0.3) is 5.91 Å². The van der Waals surface area contributed by atoms with Gasteiger partial charge >= 0.3 is 0 Å². The van der Waals surface area contributed by atoms with E-state index < -0.39 is 0 Å². The molecule has 1 aliphatic carbocycles. The summed E-state index contributed by atoms with van der Waals surface area (Å²) in [5.41, 5.74) is 7.65. The molecule has 0 atom stereocenters. The Labute approximate surface area is 184 Å². The predicted molar refractivity (Wildman–Crippen MR) is 126 cm³/mol. The Bertz CT molecular complexity index is 1020. The smallest absolute Gasteiger partial charge is 0.251 e. The second-order valence-corrected chi connectivity index (χ2v) is 8.66. The minimum Gasteiger partial charge on any atom is -0.352 e. The van der Waals surface area contributed by atoms with E-state index in [0.29, 0.717) is 5.56 Å². The van der Waals surface area contributed by atoms with Crippen molar-refractivity contribution in [2.24, 2.45) is 0 Å². The van der Waals surface area contributed by atoms with Gasteiger partial charge in [0.1, 0.15) is 0 Å². The van der Waals surface area contributed by atoms with Crippen molar-refractivity contribution >= 4 is 5.91 Å². The van der Waals surface area contributed by atoms with E-state index in [1.54, 1.807) is 0 Å². The van der Waals surface area contributed by atoms with Crippen LogP contribution < -0.4 is 5.32 Å². The molecule has 1 aliphatic rings. The highest BCUT2D eigenvalue weighted by molar-refractivity contribution is 5.94. The molecule has 0 fully saturated rings. The molecule has 162 valence electrons. The molecule has 2 aromatic carbocycles. The van der Waals surface area contributed by atoms with Crippen molar-refractivity contribution in [1.82, 2.24) is 20.4 Å². The molecular formula is C26H32N4O. The molecule has 1 aromatic heterocycles. The molecular weight excluding hydrogens is 384 g/mol. The van der Waals surface area contributed by atoms with Crippen LogP contribution in [0.15, 0.2) is 48.5 Å². The number of nitrogens with zero attached hydrogens (tertiary/aromatic N) is 2. The third-order valence-corrected chi connectivity index (χ3v) is 6.01. The standard InChI is InChI=1S/C26H32N4O/c1-30(2)17-9-5-3-4-8-16-27-26(31)20-14-12-19(13-15-20)24-23-18-21-10-6-7-11-22(21)25(23)29-28-24/h6-7,10-15H,3-5,8-9,16-18H2,1-2H3,(H,27,31)(H,28,29). The second kappa shape index (κ2) is 9.92. The summed E-state index contributed by atoms with van der Waals surface area (Å²) >= 11 is 0. The van der Waals surface area contributed by atoms with Gasteiger partial charge in [0.15, 0.2) is 0 Å². The number of H-pyrrole nitrogens is 1. The lowest BCUT2D eigenvalue weighted by Gasteiger charge is -2.09. The number of aromatic amines is 1. The van der Waals surface area contributed by atoms with Crippen LogP contribution in [-0.4, -0.2) is 48.2 Å². The molecule has 3 aromatic rings. The zero-order valence-corrected chi connectivity index (χ0v) is 18.6. The molecule has 2 N–H and O–H groups in total. The molecule has 0 unspecified atom stereocenters. The molecule has 0 radical (unpaired) electrons. The summed E-state index contributed by atoms with van der Waals surface area (Å²) in [5, 5.41) is 10.8. The maximum absolute atomic E-state index is 12.5. The van der Waals surface area contributed by atoms with Crippen molar-refractivity contribution in [2.75, 3.05) is 27.2 Å². The maximum Gasteiger partial charge on any atom is 0.251 e. The van der Waals surface area contributed by atoms with Crippen LogP contribution in [0.3, 0.4) is 0 Å². The summed E-state index contributed by atoms with van der Waals surface area (Å²) in [7, 11) is 4.23. The highest BCUT2D eigenvalue weighted by Gasteiger charge is 2.24. The van der Waals surface area contributed by atoms with Gasteiger partial charge < -0.3 is 10.2 Å². The summed E-state index contributed by atoms with van der Waals surface area (Å²) in [4.78, 5) is 14.7. The Morgan fingerprint density at radius 2 is 1.74 bits per heavy atom. The Morgan fingerprint density at radius 1 is 1.00 bits per heavy atom. The fraction of sp³-hybridized carbons (Fsp3) is 0.385. The van der Waals surface area contributed by atoms with Crippen molar-refractivity contribution in [3.8, 4) is 22.5 Å². The van der Waals surface area contributed by atoms with Gasteiger partial charge in [-0.25, -0.2) is 0 Å². The first-order valence-corrected chi connectivity index (χ1v) is 11.3. The molecule has 1 amide bonds. The van der Waals surface area contributed by atoms with E-state index in [-0.39, 0.29) is 5.91 Å². The first-order chi connectivity index (χ1) is 15.1. The molecule has 0 bridgehead atoms. The van der Waals surface area contributed by atoms with Gasteiger partial charge in [-0.05, 0) is 51.2 Å². The summed E-state index contributed by atoms with van der Waals surface area (Å²) in [6, 6.07) is 16.2. The lowest BCUT2D eigenvalue weighted by molar-refractivity contribution is 0.0953. The van der Waals surface area contributed by atoms with E-state index in [9.17, 15) is 4.79 Å². The number of hydrogen-bond acceptors (Lipinski definition) is 3. The van der Waals surface area contributed by atoms with Crippen molar-refractivity contribution < 1.29 is 4.79 Å². The third-order valence-electron chi connectivity index (χ3n) is 6.01. The minimum atomic E-state index is -0.00109. The van der Waals surface area contributed by atoms with E-state index in [1.807, 2.05) is 24.3 Å². The zero-order valence-electron chi connectivity index (χ0n) is 18.6. The van der Waals surface area contributed by atoms with Crippen molar-refractivity contribution in [1.29, 1.82) is 0 Å². The Kier molecular flexibility index (Phi) is 6.82. The number of aromatic nitrogens is 2. The van der Waals surface area contributed by atoms with Crippen LogP contribution in [-0.2, 0) is 6.42 Å². The quantitative estimate of drug-likeness (QED) is 0.362. The van der Waals surface area contributed by atoms with Gasteiger partial charge in [-0.1, -0.05) is 55.7 Å². The summed E-state index contributed by atoms with van der Waals surface area (Å²) in [5.74, 6) is -0.00109. The highest BCUT2D eigenvalue weighted by atomic mass is 16.1. The number of unbranched alkanes of at least 4 members (excludes halogenated alkanes) is 4. The van der Waals surface area contributed by atoms with Crippen molar-refractivity contribution in [2.45, 2.75) is 38.5 Å². The number of fused-ring (bicyclic) bond motifs is 3. The monoisotopic (exact) mass is 416 g/mol. The Morgan fingerprint density at radius 3 is 2.55 bits per heavy atom. The number of benzene rings is 2. The van der Waals surface area contributed by atoms with Gasteiger partial charge in [0.2, 0.25) is 0 Å². The van der Waals surface area contributed by atoms with Crippen LogP contribution in [0.4, 0.5) is 0 Å². The van der Waals surface area contributed by atoms with Crippen LogP contribution in [0, 0.1) is 0 Å². The van der Waals surface area contributed by atoms with Gasteiger partial charge in [-0.3, -0.25) is 9.89 Å². The summed E-state index contributed by atoms with van der Waals surface area (Å²) < 4.78 is 0. The lowest BCUT2D eigenvalue weighted by atomic mass is 10.0. The summed E-state index contributed by atoms with van der Waals surface area (Å²) in [6.07, 6.45) is 6.84. The normalized spacial score (nSPS) is 12.1. The largest absolute Gasteiger partial charge is 0.352 e. The SMILES string of the molecule is CN(C)CCCCCCCNC(=O)c1ccc(-c2n[nH]c3c2Cc2ccccc2-3)cc1. The lowest BCUT2D eigenvalue weighted by Crippen LogP contribution is -2.24. The maximum atomic E-state index is 12.5. The summed E-state index contributed by atoms with van der Waals surface area (Å²) in [6.45, 7) is 1.89. The van der Waals surface area contributed by atoms with E-state index in [2.05, 4.69) is 58.8 Å². The van der Waals surface area contributed by atoms with Gasteiger partial charge in [0.05, 0.1) is 11.4 Å². The van der Waals surface area contributed by atoms with Crippen molar-refractivity contribution in [3.63, 3.8) is 0 Å². The van der Waals surface area contributed by atoms with E-state index >= 15 is 0 Å². The average Bonchev–Trinajstić information content (AvgIpc) is 3.34. The number of carbonyl (C=O) groups excluding carboxylic acids is 1. The first kappa shape index (κ1) is 21.3. The van der Waals surface area contributed by atoms with Gasteiger partial charge in [-0.2, -0.15) is 5.10 Å². The highest BCUT2D eigenvalue weighted by Crippen LogP contribution is 2.39. The number of rotatable bonds is 10.